The molecule has 14 atom stereocenters. The monoisotopic (exact) mass is 1060 g/mol. The molecule has 1 heterocycles. The molecular weight excluding hydrogens is 959 g/mol. The predicted octanol–water partition coefficient (Wildman–Crippen LogP) is 12.5. The van der Waals surface area contributed by atoms with Crippen molar-refractivity contribution >= 4 is 17.9 Å². The van der Waals surface area contributed by atoms with Gasteiger partial charge < -0.3 is 43.5 Å². The molecule has 12 heteroatoms. The number of nitrogens with zero attached hydrogens (tertiary/aromatic N) is 1. The third-order valence-corrected chi connectivity index (χ3v) is 19.7. The summed E-state index contributed by atoms with van der Waals surface area (Å²) in [6, 6.07) is 8.48. The van der Waals surface area contributed by atoms with Gasteiger partial charge in [-0.15, -0.1) is 0 Å². The lowest BCUT2D eigenvalue weighted by Crippen LogP contribution is -2.81. The lowest BCUT2D eigenvalue weighted by Gasteiger charge is -2.70. The van der Waals surface area contributed by atoms with Crippen LogP contribution in [0, 0.1) is 34.5 Å². The maximum Gasteiger partial charge on any atom is 0.338 e. The quantitative estimate of drug-likeness (QED) is 0.0285. The van der Waals surface area contributed by atoms with Crippen molar-refractivity contribution in [3.8, 4) is 0 Å². The normalized spacial score (nSPS) is 34.1. The fourth-order valence-corrected chi connectivity index (χ4v) is 16.6. The smallest absolute Gasteiger partial charge is 0.338 e. The van der Waals surface area contributed by atoms with Crippen molar-refractivity contribution in [1.82, 2.24) is 4.90 Å². The second kappa shape index (κ2) is 28.8. The van der Waals surface area contributed by atoms with Crippen molar-refractivity contribution in [3.63, 3.8) is 0 Å². The van der Waals surface area contributed by atoms with Gasteiger partial charge in [-0.3, -0.25) is 9.59 Å². The molecule has 5 aliphatic carbocycles. The van der Waals surface area contributed by atoms with Crippen LogP contribution >= 0.6 is 0 Å². The zero-order valence-corrected chi connectivity index (χ0v) is 47.9. The molecule has 0 radical (unpaired) electrons. The first-order chi connectivity index (χ1) is 37.0. The number of ether oxygens (including phenoxy) is 6. The Bertz CT molecular complexity index is 2010. The highest BCUT2D eigenvalue weighted by molar-refractivity contribution is 5.89. The van der Waals surface area contributed by atoms with Crippen LogP contribution in [0.1, 0.15) is 210 Å². The van der Waals surface area contributed by atoms with E-state index in [0.29, 0.717) is 44.4 Å². The molecule has 1 saturated heterocycles. The SMILES string of the molecule is CCCCC/C=C\C/C=C\CCCCCCCC(=O)O[C@]12[C@H]3[C@@H](OC(=O)c4ccccc4)[C@](O)(C[C@H]3[C@@]34[C@@H](OC)C[C@@H](OC(=O)CCCCCCCCCCCCCCC)[C@@]5(COC)CN(C)[C@@H]3[C@@H]1C[C@H]54)[C@@H](OC)[C@@H]2O. The van der Waals surface area contributed by atoms with E-state index in [1.165, 1.54) is 90.6 Å². The zero-order valence-electron chi connectivity index (χ0n) is 47.9. The van der Waals surface area contributed by atoms with Gasteiger partial charge in [-0.25, -0.2) is 4.79 Å². The number of benzene rings is 1. The van der Waals surface area contributed by atoms with Crippen molar-refractivity contribution in [3.05, 3.63) is 60.2 Å². The van der Waals surface area contributed by atoms with E-state index >= 15 is 0 Å². The lowest BCUT2D eigenvalue weighted by atomic mass is 9.42. The third-order valence-electron chi connectivity index (χ3n) is 19.7. The molecule has 12 nitrogen and oxygen atoms in total. The van der Waals surface area contributed by atoms with Crippen LogP contribution < -0.4 is 0 Å². The molecule has 5 saturated carbocycles. The summed E-state index contributed by atoms with van der Waals surface area (Å²) < 4.78 is 39.4. The summed E-state index contributed by atoms with van der Waals surface area (Å²) in [5.74, 6) is -3.17. The van der Waals surface area contributed by atoms with Crippen molar-refractivity contribution in [2.24, 2.45) is 34.5 Å². The summed E-state index contributed by atoms with van der Waals surface area (Å²) in [5.41, 5.74) is -4.50. The summed E-state index contributed by atoms with van der Waals surface area (Å²) in [7, 11) is 6.98. The molecule has 7 rings (SSSR count). The molecule has 1 spiro atoms. The van der Waals surface area contributed by atoms with Crippen LogP contribution in [0.3, 0.4) is 0 Å². The first-order valence-corrected chi connectivity index (χ1v) is 30.6. The molecule has 1 aliphatic heterocycles. The number of rotatable bonds is 36. The van der Waals surface area contributed by atoms with Gasteiger partial charge in [0.15, 0.2) is 5.60 Å². The molecule has 7 bridgehead atoms. The fourth-order valence-electron chi connectivity index (χ4n) is 16.6. The van der Waals surface area contributed by atoms with Gasteiger partial charge in [0, 0.05) is 75.8 Å². The average Bonchev–Trinajstić information content (AvgIpc) is 4.02. The zero-order chi connectivity index (χ0) is 54.2. The first-order valence-electron chi connectivity index (χ1n) is 30.6. The van der Waals surface area contributed by atoms with Gasteiger partial charge in [-0.2, -0.15) is 0 Å². The van der Waals surface area contributed by atoms with Crippen molar-refractivity contribution in [1.29, 1.82) is 0 Å². The molecule has 0 unspecified atom stereocenters. The Morgan fingerprint density at radius 2 is 1.22 bits per heavy atom. The van der Waals surface area contributed by atoms with Gasteiger partial charge in [-0.05, 0) is 88.8 Å². The third kappa shape index (κ3) is 12.6. The summed E-state index contributed by atoms with van der Waals surface area (Å²) in [6.07, 6.45) is 33.3. The number of likely N-dealkylation sites (tertiary alicyclic amines) is 1. The van der Waals surface area contributed by atoms with Gasteiger partial charge in [0.05, 0.1) is 18.3 Å². The van der Waals surface area contributed by atoms with Crippen molar-refractivity contribution in [2.45, 2.75) is 248 Å². The highest BCUT2D eigenvalue weighted by Crippen LogP contribution is 2.80. The Morgan fingerprint density at radius 3 is 1.82 bits per heavy atom. The highest BCUT2D eigenvalue weighted by Gasteiger charge is 2.90. The minimum atomic E-state index is -1.84. The second-order valence-corrected chi connectivity index (χ2v) is 24.3. The number of esters is 3. The number of carbonyl (C=O) groups is 3. The number of carbonyl (C=O) groups excluding carboxylic acids is 3. The number of allylic oxidation sites excluding steroid dienone is 4. The fraction of sp³-hybridized carbons (Fsp3) is 0.797. The summed E-state index contributed by atoms with van der Waals surface area (Å²) in [4.78, 5) is 45.3. The minimum Gasteiger partial charge on any atom is -0.462 e. The second-order valence-electron chi connectivity index (χ2n) is 24.3. The van der Waals surface area contributed by atoms with Gasteiger partial charge in [-0.1, -0.05) is 166 Å². The Kier molecular flexibility index (Phi) is 23.0. The van der Waals surface area contributed by atoms with E-state index < -0.39 is 82.2 Å². The predicted molar refractivity (Wildman–Crippen MR) is 298 cm³/mol. The molecule has 76 heavy (non-hydrogen) atoms. The number of hydrogen-bond acceptors (Lipinski definition) is 12. The van der Waals surface area contributed by atoms with E-state index in [0.717, 1.165) is 64.2 Å². The summed E-state index contributed by atoms with van der Waals surface area (Å²) >= 11 is 0. The van der Waals surface area contributed by atoms with Crippen LogP contribution in [0.2, 0.25) is 0 Å². The van der Waals surface area contributed by atoms with Crippen LogP contribution in [0.5, 0.6) is 0 Å². The Labute approximate surface area is 458 Å². The number of piperidine rings is 1. The molecule has 0 aromatic heterocycles. The molecule has 1 aromatic carbocycles. The molecule has 0 amide bonds. The van der Waals surface area contributed by atoms with E-state index in [1.54, 1.807) is 38.5 Å². The lowest BCUT2D eigenvalue weighted by molar-refractivity contribution is -0.321. The molecule has 1 aromatic rings. The van der Waals surface area contributed by atoms with E-state index in [9.17, 15) is 24.6 Å². The van der Waals surface area contributed by atoms with Crippen molar-refractivity contribution < 1.29 is 53.0 Å². The highest BCUT2D eigenvalue weighted by atomic mass is 16.6. The van der Waals surface area contributed by atoms with E-state index in [1.807, 2.05) is 6.07 Å². The number of unbranched alkanes of at least 4 members (excludes halogenated alkanes) is 20. The molecule has 2 N–H and O–H groups in total. The molecule has 6 fully saturated rings. The van der Waals surface area contributed by atoms with Gasteiger partial charge in [0.2, 0.25) is 0 Å². The van der Waals surface area contributed by atoms with Gasteiger partial charge in [0.1, 0.15) is 30.0 Å². The minimum absolute atomic E-state index is 0.115. The molecule has 6 aliphatic rings. The molecular formula is C64H101NO11. The number of aliphatic hydroxyl groups excluding tert-OH is 1. The van der Waals surface area contributed by atoms with Crippen molar-refractivity contribution in [2.75, 3.05) is 41.5 Å². The summed E-state index contributed by atoms with van der Waals surface area (Å²) in [5, 5.41) is 26.4. The maximum atomic E-state index is 14.7. The standard InChI is InChI=1S/C64H101NO11/c1-7-9-11-13-15-17-19-21-22-24-26-28-30-32-37-41-54(67)76-64-48-42-50-61(46-71-4)45-65(3)56(48)63(50,49-44-62(70,59(73-6)57(64)68)58(55(49)64)75-60(69)47-38-34-33-35-39-47)52(72-5)43-51(61)74-53(66)40-36-31-29-27-25-23-20-18-16-14-12-10-8-2/h15,17,21-22,33-35,38-39,48-52,55-59,68,70H,7-14,16,18-20,23-32,36-37,40-46H2,1-6H3/b17-15-,22-21-/t48-,49+,50+,51+,52-,55+,56+,57-,58+,59-,61+,62+,63+,64-/m0/s1. The topological polar surface area (TPSA) is 150 Å². The van der Waals surface area contributed by atoms with Gasteiger partial charge in [0.25, 0.3) is 0 Å². The van der Waals surface area contributed by atoms with E-state index in [2.05, 4.69) is 50.1 Å². The largest absolute Gasteiger partial charge is 0.462 e. The van der Waals surface area contributed by atoms with Crippen LogP contribution in [0.4, 0.5) is 0 Å². The molecule has 428 valence electrons. The number of hydrogen-bond donors (Lipinski definition) is 2. The number of aliphatic hydroxyl groups is 2. The first kappa shape index (κ1) is 60.5. The summed E-state index contributed by atoms with van der Waals surface area (Å²) in [6.45, 7) is 5.36. The van der Waals surface area contributed by atoms with Crippen LogP contribution in [0.15, 0.2) is 54.6 Å². The average molecular weight is 1060 g/mol. The Balaban J connectivity index is 1.08. The van der Waals surface area contributed by atoms with Gasteiger partial charge >= 0.3 is 17.9 Å². The number of methoxy groups -OCH3 is 3. The van der Waals surface area contributed by atoms with Crippen LogP contribution in [-0.4, -0.2) is 122 Å². The van der Waals surface area contributed by atoms with E-state index in [4.69, 9.17) is 28.4 Å². The Morgan fingerprint density at radius 1 is 0.658 bits per heavy atom. The van der Waals surface area contributed by atoms with Crippen LogP contribution in [0.25, 0.3) is 0 Å². The van der Waals surface area contributed by atoms with E-state index in [-0.39, 0.29) is 30.8 Å². The van der Waals surface area contributed by atoms with Crippen LogP contribution in [-0.2, 0) is 38.0 Å². The maximum absolute atomic E-state index is 14.7. The Hall–Kier alpha value is -3.13. The number of fused-ring (bicyclic) bond motifs is 2.